The Balaban J connectivity index is 1.72. The molecule has 6 heteroatoms. The average Bonchev–Trinajstić information content (AvgIpc) is 2.69. The van der Waals surface area contributed by atoms with Crippen LogP contribution in [0.1, 0.15) is 48.4 Å². The van der Waals surface area contributed by atoms with Crippen molar-refractivity contribution in [2.45, 2.75) is 33.6 Å². The maximum absolute atomic E-state index is 12.7. The molecule has 1 heterocycles. The van der Waals surface area contributed by atoms with E-state index in [0.717, 1.165) is 17.1 Å². The number of nitrogens with one attached hydrogen (secondary N) is 2. The lowest BCUT2D eigenvalue weighted by atomic mass is 10.0. The SMILES string of the molecule is CCOc1ccc(Nc2nc(C)cc(C(=O)Nc3ccc(C(C)C)cc3)n2)cc1. The van der Waals surface area contributed by atoms with Gasteiger partial charge in [-0.2, -0.15) is 0 Å². The quantitative estimate of drug-likeness (QED) is 0.572. The Labute approximate surface area is 171 Å². The highest BCUT2D eigenvalue weighted by Gasteiger charge is 2.12. The summed E-state index contributed by atoms with van der Waals surface area (Å²) >= 11 is 0. The summed E-state index contributed by atoms with van der Waals surface area (Å²) in [4.78, 5) is 21.4. The first-order chi connectivity index (χ1) is 13.9. The van der Waals surface area contributed by atoms with Gasteiger partial charge in [0.1, 0.15) is 11.4 Å². The first-order valence-electron chi connectivity index (χ1n) is 9.71. The third kappa shape index (κ3) is 5.54. The number of carbonyl (C=O) groups excluding carboxylic acids is 1. The molecule has 0 fully saturated rings. The predicted molar refractivity (Wildman–Crippen MR) is 116 cm³/mol. The van der Waals surface area contributed by atoms with E-state index >= 15 is 0 Å². The number of carbonyl (C=O) groups is 1. The van der Waals surface area contributed by atoms with Gasteiger partial charge >= 0.3 is 0 Å². The Bertz CT molecular complexity index is 967. The predicted octanol–water partition coefficient (Wildman–Crippen LogP) is 5.30. The number of nitrogens with zero attached hydrogens (tertiary/aromatic N) is 2. The molecule has 2 aromatic carbocycles. The van der Waals surface area contributed by atoms with Crippen molar-refractivity contribution in [2.75, 3.05) is 17.2 Å². The number of anilines is 3. The van der Waals surface area contributed by atoms with Gasteiger partial charge in [0.2, 0.25) is 5.95 Å². The van der Waals surface area contributed by atoms with E-state index in [4.69, 9.17) is 4.74 Å². The molecule has 3 aromatic rings. The second-order valence-corrected chi connectivity index (χ2v) is 7.03. The van der Waals surface area contributed by atoms with Crippen LogP contribution in [0.5, 0.6) is 5.75 Å². The molecule has 0 aliphatic heterocycles. The van der Waals surface area contributed by atoms with E-state index in [0.29, 0.717) is 29.9 Å². The topological polar surface area (TPSA) is 76.1 Å². The van der Waals surface area contributed by atoms with E-state index in [1.807, 2.05) is 62.4 Å². The molecule has 0 spiro atoms. The minimum Gasteiger partial charge on any atom is -0.494 e. The largest absolute Gasteiger partial charge is 0.494 e. The molecular formula is C23H26N4O2. The van der Waals surface area contributed by atoms with Crippen LogP contribution >= 0.6 is 0 Å². The second-order valence-electron chi connectivity index (χ2n) is 7.03. The van der Waals surface area contributed by atoms with Crippen molar-refractivity contribution in [2.24, 2.45) is 0 Å². The maximum Gasteiger partial charge on any atom is 0.274 e. The van der Waals surface area contributed by atoms with Gasteiger partial charge < -0.3 is 15.4 Å². The monoisotopic (exact) mass is 390 g/mol. The van der Waals surface area contributed by atoms with Crippen molar-refractivity contribution in [1.29, 1.82) is 0 Å². The molecule has 0 bridgehead atoms. The van der Waals surface area contributed by atoms with Gasteiger partial charge in [0.15, 0.2) is 0 Å². The van der Waals surface area contributed by atoms with Crippen LogP contribution in [0, 0.1) is 6.92 Å². The zero-order valence-electron chi connectivity index (χ0n) is 17.2. The van der Waals surface area contributed by atoms with Gasteiger partial charge in [-0.15, -0.1) is 0 Å². The molecule has 0 unspecified atom stereocenters. The van der Waals surface area contributed by atoms with Gasteiger partial charge in [-0.05, 0) is 67.8 Å². The Morgan fingerprint density at radius 1 is 1.00 bits per heavy atom. The summed E-state index contributed by atoms with van der Waals surface area (Å²) in [6, 6.07) is 17.0. The highest BCUT2D eigenvalue weighted by molar-refractivity contribution is 6.03. The number of aromatic nitrogens is 2. The summed E-state index contributed by atoms with van der Waals surface area (Å²) in [5, 5.41) is 6.03. The van der Waals surface area contributed by atoms with E-state index < -0.39 is 0 Å². The fourth-order valence-electron chi connectivity index (χ4n) is 2.82. The number of rotatable bonds is 7. The minimum absolute atomic E-state index is 0.275. The van der Waals surface area contributed by atoms with Gasteiger partial charge in [-0.3, -0.25) is 4.79 Å². The minimum atomic E-state index is -0.275. The van der Waals surface area contributed by atoms with Gasteiger partial charge in [0.25, 0.3) is 5.91 Å². The molecule has 29 heavy (non-hydrogen) atoms. The van der Waals surface area contributed by atoms with Crippen LogP contribution in [0.15, 0.2) is 54.6 Å². The van der Waals surface area contributed by atoms with Crippen LogP contribution in [0.2, 0.25) is 0 Å². The Hall–Kier alpha value is -3.41. The Kier molecular flexibility index (Phi) is 6.44. The zero-order chi connectivity index (χ0) is 20.8. The molecule has 1 aromatic heterocycles. The van der Waals surface area contributed by atoms with E-state index in [2.05, 4.69) is 34.4 Å². The summed E-state index contributed by atoms with van der Waals surface area (Å²) in [6.07, 6.45) is 0. The molecule has 0 atom stereocenters. The average molecular weight is 390 g/mol. The summed E-state index contributed by atoms with van der Waals surface area (Å²) in [6.45, 7) is 8.66. The van der Waals surface area contributed by atoms with E-state index in [9.17, 15) is 4.79 Å². The summed E-state index contributed by atoms with van der Waals surface area (Å²) in [5.74, 6) is 1.34. The molecule has 0 radical (unpaired) electrons. The number of hydrogen-bond acceptors (Lipinski definition) is 5. The first-order valence-corrected chi connectivity index (χ1v) is 9.71. The lowest BCUT2D eigenvalue weighted by Crippen LogP contribution is -2.15. The molecule has 150 valence electrons. The highest BCUT2D eigenvalue weighted by atomic mass is 16.5. The van der Waals surface area contributed by atoms with Crippen molar-refractivity contribution in [3.63, 3.8) is 0 Å². The van der Waals surface area contributed by atoms with E-state index in [1.165, 1.54) is 5.56 Å². The molecule has 0 saturated carbocycles. The number of hydrogen-bond donors (Lipinski definition) is 2. The van der Waals surface area contributed by atoms with Crippen LogP contribution in [0.3, 0.4) is 0 Å². The molecule has 2 N–H and O–H groups in total. The Morgan fingerprint density at radius 2 is 1.66 bits per heavy atom. The molecule has 6 nitrogen and oxygen atoms in total. The van der Waals surface area contributed by atoms with Crippen LogP contribution in [0.4, 0.5) is 17.3 Å². The fourth-order valence-corrected chi connectivity index (χ4v) is 2.82. The normalized spacial score (nSPS) is 10.7. The van der Waals surface area contributed by atoms with Crippen LogP contribution in [0.25, 0.3) is 0 Å². The van der Waals surface area contributed by atoms with E-state index in [-0.39, 0.29) is 5.91 Å². The van der Waals surface area contributed by atoms with Crippen LogP contribution in [-0.2, 0) is 0 Å². The summed E-state index contributed by atoms with van der Waals surface area (Å²) in [5.41, 5.74) is 3.78. The molecular weight excluding hydrogens is 364 g/mol. The number of ether oxygens (including phenoxy) is 1. The van der Waals surface area contributed by atoms with Gasteiger partial charge in [-0.25, -0.2) is 9.97 Å². The lowest BCUT2D eigenvalue weighted by molar-refractivity contribution is 0.102. The molecule has 0 aliphatic carbocycles. The standard InChI is InChI=1S/C23H26N4O2/c1-5-29-20-12-10-19(11-13-20)26-23-24-16(4)14-21(27-23)22(28)25-18-8-6-17(7-9-18)15(2)3/h6-15H,5H2,1-4H3,(H,25,28)(H,24,26,27). The number of amides is 1. The van der Waals surface area contributed by atoms with Crippen molar-refractivity contribution in [3.05, 3.63) is 71.5 Å². The first kappa shape index (κ1) is 20.3. The lowest BCUT2D eigenvalue weighted by Gasteiger charge is -2.10. The second kappa shape index (κ2) is 9.19. The third-order valence-corrected chi connectivity index (χ3v) is 4.34. The highest BCUT2D eigenvalue weighted by Crippen LogP contribution is 2.20. The van der Waals surface area contributed by atoms with Gasteiger partial charge in [0.05, 0.1) is 6.61 Å². The molecule has 0 aliphatic rings. The number of benzene rings is 2. The Morgan fingerprint density at radius 3 is 2.28 bits per heavy atom. The smallest absolute Gasteiger partial charge is 0.274 e. The van der Waals surface area contributed by atoms with Crippen molar-refractivity contribution < 1.29 is 9.53 Å². The van der Waals surface area contributed by atoms with Crippen LogP contribution < -0.4 is 15.4 Å². The number of aryl methyl sites for hydroxylation is 1. The van der Waals surface area contributed by atoms with Gasteiger partial charge in [0, 0.05) is 17.1 Å². The van der Waals surface area contributed by atoms with Crippen molar-refractivity contribution in [1.82, 2.24) is 9.97 Å². The van der Waals surface area contributed by atoms with Crippen molar-refractivity contribution in [3.8, 4) is 5.75 Å². The molecule has 1 amide bonds. The molecule has 3 rings (SSSR count). The summed E-state index contributed by atoms with van der Waals surface area (Å²) < 4.78 is 5.45. The molecule has 0 saturated heterocycles. The maximum atomic E-state index is 12.7. The summed E-state index contributed by atoms with van der Waals surface area (Å²) in [7, 11) is 0. The van der Waals surface area contributed by atoms with Crippen molar-refractivity contribution >= 4 is 23.2 Å². The third-order valence-electron chi connectivity index (χ3n) is 4.34. The fraction of sp³-hybridized carbons (Fsp3) is 0.261. The van der Waals surface area contributed by atoms with E-state index in [1.54, 1.807) is 6.07 Å². The zero-order valence-corrected chi connectivity index (χ0v) is 17.2. The van der Waals surface area contributed by atoms with Gasteiger partial charge in [-0.1, -0.05) is 26.0 Å². The van der Waals surface area contributed by atoms with Crippen LogP contribution in [-0.4, -0.2) is 22.5 Å².